The third kappa shape index (κ3) is 3.57. The average Bonchev–Trinajstić information content (AvgIpc) is 2.79. The van der Waals surface area contributed by atoms with Crippen molar-refractivity contribution in [3.63, 3.8) is 0 Å². The predicted octanol–water partition coefficient (Wildman–Crippen LogP) is 4.22. The monoisotopic (exact) mass is 325 g/mol. The standard InChI is InChI=1S/C14H16BrNOS/c1-10(14-8-12(15)9-18-14)16-13-4-2-11(3-5-13)6-7-17/h2-5,8-10,16-17H,6-7H2,1H3. The van der Waals surface area contributed by atoms with Crippen LogP contribution in [0.2, 0.25) is 0 Å². The highest BCUT2D eigenvalue weighted by molar-refractivity contribution is 9.10. The van der Waals surface area contributed by atoms with Crippen molar-refractivity contribution >= 4 is 33.0 Å². The summed E-state index contributed by atoms with van der Waals surface area (Å²) in [6, 6.07) is 10.7. The second-order valence-electron chi connectivity index (χ2n) is 4.20. The summed E-state index contributed by atoms with van der Waals surface area (Å²) in [6.45, 7) is 2.35. The molecule has 18 heavy (non-hydrogen) atoms. The smallest absolute Gasteiger partial charge is 0.0578 e. The number of aliphatic hydroxyl groups is 1. The maximum absolute atomic E-state index is 8.87. The van der Waals surface area contributed by atoms with Gasteiger partial charge in [-0.2, -0.15) is 0 Å². The van der Waals surface area contributed by atoms with Crippen LogP contribution in [-0.2, 0) is 6.42 Å². The molecule has 0 amide bonds. The van der Waals surface area contributed by atoms with Gasteiger partial charge in [0.05, 0.1) is 6.04 Å². The number of nitrogens with one attached hydrogen (secondary N) is 1. The van der Waals surface area contributed by atoms with E-state index in [4.69, 9.17) is 5.11 Å². The molecule has 2 nitrogen and oxygen atoms in total. The molecule has 2 N–H and O–H groups in total. The van der Waals surface area contributed by atoms with Gasteiger partial charge in [-0.25, -0.2) is 0 Å². The molecule has 4 heteroatoms. The second kappa shape index (κ2) is 6.36. The summed E-state index contributed by atoms with van der Waals surface area (Å²) in [4.78, 5) is 1.31. The number of benzene rings is 1. The van der Waals surface area contributed by atoms with Gasteiger partial charge in [-0.3, -0.25) is 0 Å². The van der Waals surface area contributed by atoms with Crippen LogP contribution in [-0.4, -0.2) is 11.7 Å². The first-order chi connectivity index (χ1) is 8.69. The number of thiophene rings is 1. The lowest BCUT2D eigenvalue weighted by atomic mass is 10.1. The van der Waals surface area contributed by atoms with Crippen molar-refractivity contribution in [2.75, 3.05) is 11.9 Å². The molecular formula is C14H16BrNOS. The molecule has 0 aliphatic heterocycles. The van der Waals surface area contributed by atoms with Crippen LogP contribution in [0.25, 0.3) is 0 Å². The largest absolute Gasteiger partial charge is 0.396 e. The molecule has 0 aliphatic carbocycles. The van der Waals surface area contributed by atoms with Gasteiger partial charge in [-0.05, 0) is 53.0 Å². The van der Waals surface area contributed by atoms with E-state index in [1.54, 1.807) is 11.3 Å². The van der Waals surface area contributed by atoms with Crippen LogP contribution in [0.3, 0.4) is 0 Å². The zero-order valence-corrected chi connectivity index (χ0v) is 12.6. The Hall–Kier alpha value is -0.840. The van der Waals surface area contributed by atoms with Crippen molar-refractivity contribution in [3.8, 4) is 0 Å². The minimum atomic E-state index is 0.201. The summed E-state index contributed by atoms with van der Waals surface area (Å²) in [6.07, 6.45) is 0.716. The summed E-state index contributed by atoms with van der Waals surface area (Å²) in [7, 11) is 0. The number of anilines is 1. The molecular weight excluding hydrogens is 310 g/mol. The van der Waals surface area contributed by atoms with Crippen molar-refractivity contribution in [2.45, 2.75) is 19.4 Å². The predicted molar refractivity (Wildman–Crippen MR) is 81.3 cm³/mol. The maximum atomic E-state index is 8.87. The maximum Gasteiger partial charge on any atom is 0.0578 e. The Bertz CT molecular complexity index is 495. The summed E-state index contributed by atoms with van der Waals surface area (Å²) in [5.41, 5.74) is 2.27. The Morgan fingerprint density at radius 2 is 2.06 bits per heavy atom. The van der Waals surface area contributed by atoms with E-state index in [1.807, 2.05) is 0 Å². The van der Waals surface area contributed by atoms with Gasteiger partial charge in [0.15, 0.2) is 0 Å². The molecule has 96 valence electrons. The third-order valence-electron chi connectivity index (χ3n) is 2.75. The van der Waals surface area contributed by atoms with Crippen LogP contribution in [0.15, 0.2) is 40.2 Å². The number of aliphatic hydroxyl groups excluding tert-OH is 1. The van der Waals surface area contributed by atoms with E-state index in [1.165, 1.54) is 4.88 Å². The molecule has 2 rings (SSSR count). The minimum absolute atomic E-state index is 0.201. The van der Waals surface area contributed by atoms with Gasteiger partial charge in [0.2, 0.25) is 0 Å². The lowest BCUT2D eigenvalue weighted by molar-refractivity contribution is 0.299. The summed E-state index contributed by atoms with van der Waals surface area (Å²) in [5.74, 6) is 0. The number of halogens is 1. The Balaban J connectivity index is 2.00. The van der Waals surface area contributed by atoms with Gasteiger partial charge in [-0.1, -0.05) is 12.1 Å². The van der Waals surface area contributed by atoms with Crippen LogP contribution in [0.4, 0.5) is 5.69 Å². The molecule has 0 saturated heterocycles. The van der Waals surface area contributed by atoms with E-state index < -0.39 is 0 Å². The van der Waals surface area contributed by atoms with Gasteiger partial charge >= 0.3 is 0 Å². The Morgan fingerprint density at radius 3 is 2.61 bits per heavy atom. The highest BCUT2D eigenvalue weighted by Gasteiger charge is 2.07. The summed E-state index contributed by atoms with van der Waals surface area (Å²) < 4.78 is 1.13. The van der Waals surface area contributed by atoms with Crippen molar-refractivity contribution in [1.82, 2.24) is 0 Å². The highest BCUT2D eigenvalue weighted by atomic mass is 79.9. The molecule has 2 aromatic rings. The van der Waals surface area contributed by atoms with Gasteiger partial charge in [0, 0.05) is 27.0 Å². The van der Waals surface area contributed by atoms with Crippen LogP contribution >= 0.6 is 27.3 Å². The second-order valence-corrected chi connectivity index (χ2v) is 6.06. The molecule has 0 saturated carbocycles. The van der Waals surface area contributed by atoms with Gasteiger partial charge < -0.3 is 10.4 Å². The zero-order valence-electron chi connectivity index (χ0n) is 10.2. The fourth-order valence-corrected chi connectivity index (χ4v) is 3.23. The van der Waals surface area contributed by atoms with Gasteiger partial charge in [-0.15, -0.1) is 11.3 Å². The highest BCUT2D eigenvalue weighted by Crippen LogP contribution is 2.27. The van der Waals surface area contributed by atoms with Gasteiger partial charge in [0.25, 0.3) is 0 Å². The van der Waals surface area contributed by atoms with E-state index in [0.29, 0.717) is 12.5 Å². The van der Waals surface area contributed by atoms with E-state index in [9.17, 15) is 0 Å². The fourth-order valence-electron chi connectivity index (χ4n) is 1.77. The molecule has 1 aromatic carbocycles. The quantitative estimate of drug-likeness (QED) is 0.862. The Morgan fingerprint density at radius 1 is 1.33 bits per heavy atom. The van der Waals surface area contributed by atoms with E-state index >= 15 is 0 Å². The Kier molecular flexibility index (Phi) is 4.80. The molecule has 0 fully saturated rings. The number of rotatable bonds is 5. The number of hydrogen-bond donors (Lipinski definition) is 2. The molecule has 0 aliphatic rings. The topological polar surface area (TPSA) is 32.3 Å². The third-order valence-corrected chi connectivity index (χ3v) is 4.63. The van der Waals surface area contributed by atoms with Gasteiger partial charge in [0.1, 0.15) is 0 Å². The normalized spacial score (nSPS) is 12.4. The van der Waals surface area contributed by atoms with E-state index in [-0.39, 0.29) is 6.61 Å². The summed E-state index contributed by atoms with van der Waals surface area (Å²) in [5, 5.41) is 14.4. The van der Waals surface area contributed by atoms with E-state index in [2.05, 4.69) is 63.9 Å². The van der Waals surface area contributed by atoms with Crippen molar-refractivity contribution in [2.24, 2.45) is 0 Å². The SMILES string of the molecule is CC(Nc1ccc(CCO)cc1)c1cc(Br)cs1. The molecule has 0 bridgehead atoms. The summed E-state index contributed by atoms with van der Waals surface area (Å²) >= 11 is 5.22. The van der Waals surface area contributed by atoms with E-state index in [0.717, 1.165) is 15.7 Å². The lowest BCUT2D eigenvalue weighted by Crippen LogP contribution is -2.04. The molecule has 1 heterocycles. The van der Waals surface area contributed by atoms with Crippen molar-refractivity contribution < 1.29 is 5.11 Å². The fraction of sp³-hybridized carbons (Fsp3) is 0.286. The minimum Gasteiger partial charge on any atom is -0.396 e. The van der Waals surface area contributed by atoms with Crippen LogP contribution in [0, 0.1) is 0 Å². The lowest BCUT2D eigenvalue weighted by Gasteiger charge is -2.14. The van der Waals surface area contributed by atoms with Crippen LogP contribution in [0.1, 0.15) is 23.4 Å². The Labute approximate surface area is 120 Å². The molecule has 1 unspecified atom stereocenters. The average molecular weight is 326 g/mol. The first-order valence-electron chi connectivity index (χ1n) is 5.89. The first-order valence-corrected chi connectivity index (χ1v) is 7.56. The number of hydrogen-bond acceptors (Lipinski definition) is 3. The zero-order chi connectivity index (χ0) is 13.0. The van der Waals surface area contributed by atoms with Crippen molar-refractivity contribution in [3.05, 3.63) is 50.6 Å². The van der Waals surface area contributed by atoms with Crippen molar-refractivity contribution in [1.29, 1.82) is 0 Å². The van der Waals surface area contributed by atoms with Crippen LogP contribution < -0.4 is 5.32 Å². The molecule has 0 radical (unpaired) electrons. The molecule has 0 spiro atoms. The van der Waals surface area contributed by atoms with Crippen LogP contribution in [0.5, 0.6) is 0 Å². The molecule has 1 aromatic heterocycles. The molecule has 1 atom stereocenters. The first kappa shape index (κ1) is 13.6.